The Labute approximate surface area is 294 Å². The van der Waals surface area contributed by atoms with Crippen LogP contribution in [0.5, 0.6) is 11.6 Å². The van der Waals surface area contributed by atoms with Gasteiger partial charge < -0.3 is 19.7 Å². The highest BCUT2D eigenvalue weighted by molar-refractivity contribution is 7.17. The predicted molar refractivity (Wildman–Crippen MR) is 185 cm³/mol. The fraction of sp³-hybridized carbons (Fsp3) is 0.543. The minimum Gasteiger partial charge on any atom is -0.461 e. The van der Waals surface area contributed by atoms with E-state index in [9.17, 15) is 9.18 Å². The van der Waals surface area contributed by atoms with Crippen LogP contribution >= 0.6 is 11.3 Å². The molecule has 1 spiro atoms. The summed E-state index contributed by atoms with van der Waals surface area (Å²) in [5.74, 6) is 2.10. The van der Waals surface area contributed by atoms with Crippen LogP contribution in [0.3, 0.4) is 0 Å². The lowest BCUT2D eigenvalue weighted by Crippen LogP contribution is -2.65. The second-order valence-electron chi connectivity index (χ2n) is 14.4. The summed E-state index contributed by atoms with van der Waals surface area (Å²) in [7, 11) is 0. The lowest BCUT2D eigenvalue weighted by Gasteiger charge is -2.57. The lowest BCUT2D eigenvalue weighted by atomic mass is 9.68. The molecule has 15 heteroatoms. The number of hydrogen-bond acceptors (Lipinski definition) is 14. The average molecular weight is 701 g/mol. The summed E-state index contributed by atoms with van der Waals surface area (Å²) < 4.78 is 26.0. The number of nitrogens with one attached hydrogen (secondary N) is 1. The molecule has 8 rings (SSSR count). The predicted octanol–water partition coefficient (Wildman–Crippen LogP) is 5.59. The van der Waals surface area contributed by atoms with E-state index in [4.69, 9.17) is 9.47 Å². The number of rotatable bonds is 12. The van der Waals surface area contributed by atoms with Gasteiger partial charge in [0.05, 0.1) is 12.3 Å². The number of halogens is 1. The molecule has 2 aliphatic heterocycles. The van der Waals surface area contributed by atoms with Crippen molar-refractivity contribution < 1.29 is 18.7 Å². The third-order valence-corrected chi connectivity index (χ3v) is 11.3. The normalized spacial score (nSPS) is 21.9. The molecule has 4 fully saturated rings. The number of aromatic nitrogens is 7. The Bertz CT molecular complexity index is 1860. The van der Waals surface area contributed by atoms with Crippen molar-refractivity contribution in [1.82, 2.24) is 40.2 Å². The van der Waals surface area contributed by atoms with Gasteiger partial charge in [0.25, 0.3) is 5.88 Å². The van der Waals surface area contributed by atoms with Gasteiger partial charge in [-0.3, -0.25) is 4.90 Å². The van der Waals surface area contributed by atoms with Gasteiger partial charge >= 0.3 is 5.97 Å². The Balaban J connectivity index is 0.909. The van der Waals surface area contributed by atoms with Crippen molar-refractivity contribution in [3.8, 4) is 22.8 Å². The van der Waals surface area contributed by atoms with E-state index in [1.165, 1.54) is 29.8 Å². The van der Waals surface area contributed by atoms with E-state index >= 15 is 0 Å². The first-order valence-corrected chi connectivity index (χ1v) is 18.3. The van der Waals surface area contributed by atoms with Crippen LogP contribution in [0, 0.1) is 23.1 Å². The first-order chi connectivity index (χ1) is 24.3. The van der Waals surface area contributed by atoms with Gasteiger partial charge in [-0.05, 0) is 69.1 Å². The SMILES string of the molecule is CCOC(=O)c1nnc(NC2CC([C@@H](C(C)C)N3CC4(CCN(c5ncnnc5Oc5ccc(F)cc5-c5cncnc5C5CC5)C4)C3)C2)s1. The Morgan fingerprint density at radius 2 is 1.94 bits per heavy atom. The summed E-state index contributed by atoms with van der Waals surface area (Å²) in [5.41, 5.74) is 2.46. The van der Waals surface area contributed by atoms with Crippen molar-refractivity contribution in [3.05, 3.63) is 53.6 Å². The molecule has 0 unspecified atom stereocenters. The summed E-state index contributed by atoms with van der Waals surface area (Å²) in [6, 6.07) is 5.31. The van der Waals surface area contributed by atoms with E-state index in [0.29, 0.717) is 64.6 Å². The quantitative estimate of drug-likeness (QED) is 0.184. The molecule has 4 aromatic rings. The van der Waals surface area contributed by atoms with Gasteiger partial charge in [0.2, 0.25) is 10.1 Å². The molecule has 1 atom stereocenters. The highest BCUT2D eigenvalue weighted by Crippen LogP contribution is 2.49. The number of hydrogen-bond donors (Lipinski definition) is 1. The zero-order valence-electron chi connectivity index (χ0n) is 28.5. The van der Waals surface area contributed by atoms with Gasteiger partial charge in [-0.15, -0.1) is 20.4 Å². The molecule has 50 heavy (non-hydrogen) atoms. The number of nitrogens with zero attached hydrogens (tertiary/aromatic N) is 9. The van der Waals surface area contributed by atoms with Gasteiger partial charge in [-0.25, -0.2) is 24.1 Å². The van der Waals surface area contributed by atoms with Gasteiger partial charge in [-0.1, -0.05) is 25.2 Å². The van der Waals surface area contributed by atoms with Gasteiger partial charge in [0, 0.05) is 66.9 Å². The van der Waals surface area contributed by atoms with Crippen LogP contribution in [0.2, 0.25) is 0 Å². The van der Waals surface area contributed by atoms with Crippen LogP contribution in [-0.4, -0.2) is 91.1 Å². The van der Waals surface area contributed by atoms with E-state index in [-0.39, 0.29) is 16.2 Å². The van der Waals surface area contributed by atoms with Crippen LogP contribution in [0.25, 0.3) is 11.1 Å². The summed E-state index contributed by atoms with van der Waals surface area (Å²) >= 11 is 1.25. The Morgan fingerprint density at radius 1 is 1.10 bits per heavy atom. The number of ether oxygens (including phenoxy) is 2. The van der Waals surface area contributed by atoms with Crippen molar-refractivity contribution in [2.24, 2.45) is 17.3 Å². The number of carbonyl (C=O) groups excluding carboxylic acids is 1. The first kappa shape index (κ1) is 32.8. The van der Waals surface area contributed by atoms with Crippen molar-refractivity contribution in [2.45, 2.75) is 70.9 Å². The fourth-order valence-corrected chi connectivity index (χ4v) is 8.84. The number of likely N-dealkylation sites (tertiary alicyclic amines) is 1. The van der Waals surface area contributed by atoms with Gasteiger partial charge in [0.1, 0.15) is 24.2 Å². The van der Waals surface area contributed by atoms with E-state index < -0.39 is 5.97 Å². The Kier molecular flexibility index (Phi) is 8.79. The maximum absolute atomic E-state index is 14.6. The number of esters is 1. The third kappa shape index (κ3) is 6.48. The molecule has 3 aromatic heterocycles. The van der Waals surface area contributed by atoms with Crippen molar-refractivity contribution >= 4 is 28.3 Å². The molecule has 0 bridgehead atoms. The molecule has 1 aromatic carbocycles. The molecule has 4 aliphatic rings. The maximum atomic E-state index is 14.6. The minimum atomic E-state index is -0.427. The summed E-state index contributed by atoms with van der Waals surface area (Å²) in [4.78, 5) is 30.3. The van der Waals surface area contributed by atoms with Crippen LogP contribution in [0.15, 0.2) is 37.1 Å². The van der Waals surface area contributed by atoms with E-state index in [2.05, 4.69) is 64.3 Å². The molecule has 13 nitrogen and oxygen atoms in total. The molecule has 0 amide bonds. The zero-order valence-corrected chi connectivity index (χ0v) is 29.3. The molecule has 262 valence electrons. The van der Waals surface area contributed by atoms with Crippen LogP contribution in [0.1, 0.15) is 74.3 Å². The van der Waals surface area contributed by atoms with Gasteiger partial charge in [-0.2, -0.15) is 0 Å². The first-order valence-electron chi connectivity index (χ1n) is 17.5. The molecule has 1 N–H and O–H groups in total. The Morgan fingerprint density at radius 3 is 2.72 bits per heavy atom. The minimum absolute atomic E-state index is 0.175. The summed E-state index contributed by atoms with van der Waals surface area (Å²) in [6.07, 6.45) is 10.0. The van der Waals surface area contributed by atoms with Crippen molar-refractivity contribution in [2.75, 3.05) is 43.0 Å². The third-order valence-electron chi connectivity index (χ3n) is 10.5. The fourth-order valence-electron chi connectivity index (χ4n) is 8.13. The van der Waals surface area contributed by atoms with Crippen LogP contribution in [-0.2, 0) is 4.74 Å². The maximum Gasteiger partial charge on any atom is 0.369 e. The average Bonchev–Trinajstić information content (AvgIpc) is 3.65. The number of benzene rings is 1. The van der Waals surface area contributed by atoms with E-state index in [1.54, 1.807) is 25.5 Å². The molecule has 2 saturated heterocycles. The number of anilines is 2. The monoisotopic (exact) mass is 700 g/mol. The molecule has 2 saturated carbocycles. The molecular weight excluding hydrogens is 660 g/mol. The molecular formula is C35H41FN10O3S. The van der Waals surface area contributed by atoms with Crippen LogP contribution < -0.4 is 15.0 Å². The van der Waals surface area contributed by atoms with Gasteiger partial charge in [0.15, 0.2) is 5.82 Å². The van der Waals surface area contributed by atoms with E-state index in [0.717, 1.165) is 69.5 Å². The lowest BCUT2D eigenvalue weighted by molar-refractivity contribution is -0.0656. The zero-order chi connectivity index (χ0) is 34.4. The van der Waals surface area contributed by atoms with Crippen molar-refractivity contribution in [3.63, 3.8) is 0 Å². The molecule has 0 radical (unpaired) electrons. The highest BCUT2D eigenvalue weighted by Gasteiger charge is 2.53. The molecule has 5 heterocycles. The smallest absolute Gasteiger partial charge is 0.369 e. The summed E-state index contributed by atoms with van der Waals surface area (Å²) in [5, 5.41) is 21.0. The second-order valence-corrected chi connectivity index (χ2v) is 15.4. The Hall–Kier alpha value is -4.37. The number of carbonyl (C=O) groups is 1. The van der Waals surface area contributed by atoms with Crippen molar-refractivity contribution in [1.29, 1.82) is 0 Å². The van der Waals surface area contributed by atoms with E-state index in [1.807, 2.05) is 0 Å². The highest BCUT2D eigenvalue weighted by atomic mass is 32.1. The standard InChI is InChI=1S/C35H41FN10O3S/c1-4-48-33(47)32-43-44-34(50-32)41-24-11-22(12-24)29(20(2)3)46-16-35(17-46)9-10-45(15-35)30-31(42-40-19-39-30)49-27-8-7-23(36)13-25(27)26-14-37-18-38-28(26)21-5-6-21/h7-8,13-14,18-22,24,29H,4-6,9-12,15-17H2,1-3H3,(H,41,44)/t22?,24?,29-/m1/s1. The van der Waals surface area contributed by atoms with Crippen LogP contribution in [0.4, 0.5) is 15.3 Å². The largest absolute Gasteiger partial charge is 0.461 e. The topological polar surface area (TPSA) is 144 Å². The second kappa shape index (κ2) is 13.4. The molecule has 2 aliphatic carbocycles. The summed E-state index contributed by atoms with van der Waals surface area (Å²) in [6.45, 7) is 10.5.